The molecule has 82 valence electrons. The normalized spacial score (nSPS) is 40.3. The Labute approximate surface area is 91.6 Å². The van der Waals surface area contributed by atoms with E-state index in [0.29, 0.717) is 11.4 Å². The van der Waals surface area contributed by atoms with Crippen LogP contribution in [0.2, 0.25) is 0 Å². The third-order valence-electron chi connectivity index (χ3n) is 3.47. The van der Waals surface area contributed by atoms with Crippen molar-refractivity contribution in [2.75, 3.05) is 26.3 Å². The quantitative estimate of drug-likeness (QED) is 0.657. The third kappa shape index (κ3) is 2.62. The standard InChI is InChI=1S/C11H20ClNO/c1-9-2-3-11(12)7-13(9)6-10-4-5-14-8-10/h9-11H,2-8H2,1H3. The van der Waals surface area contributed by atoms with Gasteiger partial charge in [-0.15, -0.1) is 11.6 Å². The van der Waals surface area contributed by atoms with Crippen molar-refractivity contribution >= 4 is 11.6 Å². The molecule has 0 aliphatic carbocycles. The number of hydrogen-bond donors (Lipinski definition) is 0. The second-order valence-electron chi connectivity index (χ2n) is 4.71. The first-order valence-electron chi connectivity index (χ1n) is 5.71. The lowest BCUT2D eigenvalue weighted by Gasteiger charge is -2.37. The molecule has 0 aromatic carbocycles. The van der Waals surface area contributed by atoms with Gasteiger partial charge in [0, 0.05) is 31.1 Å². The van der Waals surface area contributed by atoms with Crippen molar-refractivity contribution < 1.29 is 4.74 Å². The van der Waals surface area contributed by atoms with Crippen molar-refractivity contribution in [1.29, 1.82) is 0 Å². The molecule has 2 aliphatic heterocycles. The molecule has 2 heterocycles. The Kier molecular flexibility index (Phi) is 3.69. The maximum absolute atomic E-state index is 6.19. The first-order valence-corrected chi connectivity index (χ1v) is 6.15. The Balaban J connectivity index is 1.82. The Hall–Kier alpha value is 0.210. The number of likely N-dealkylation sites (tertiary alicyclic amines) is 1. The van der Waals surface area contributed by atoms with Crippen LogP contribution in [-0.2, 0) is 4.74 Å². The molecule has 14 heavy (non-hydrogen) atoms. The molecule has 0 N–H and O–H groups in total. The maximum atomic E-state index is 6.19. The summed E-state index contributed by atoms with van der Waals surface area (Å²) >= 11 is 6.19. The highest BCUT2D eigenvalue weighted by Crippen LogP contribution is 2.23. The molecule has 3 atom stereocenters. The van der Waals surface area contributed by atoms with E-state index in [2.05, 4.69) is 11.8 Å². The van der Waals surface area contributed by atoms with Gasteiger partial charge < -0.3 is 4.74 Å². The van der Waals surface area contributed by atoms with E-state index in [4.69, 9.17) is 16.3 Å². The molecule has 0 aromatic heterocycles. The monoisotopic (exact) mass is 217 g/mol. The van der Waals surface area contributed by atoms with Gasteiger partial charge in [-0.3, -0.25) is 4.90 Å². The summed E-state index contributed by atoms with van der Waals surface area (Å²) in [6.07, 6.45) is 3.66. The average molecular weight is 218 g/mol. The van der Waals surface area contributed by atoms with E-state index in [1.807, 2.05) is 0 Å². The number of nitrogens with zero attached hydrogens (tertiary/aromatic N) is 1. The van der Waals surface area contributed by atoms with E-state index >= 15 is 0 Å². The first kappa shape index (κ1) is 10.7. The molecule has 0 bridgehead atoms. The highest BCUT2D eigenvalue weighted by Gasteiger charge is 2.27. The summed E-state index contributed by atoms with van der Waals surface area (Å²) in [6, 6.07) is 0.714. The number of ether oxygens (including phenoxy) is 1. The zero-order valence-corrected chi connectivity index (χ0v) is 9.67. The number of hydrogen-bond acceptors (Lipinski definition) is 2. The predicted molar refractivity (Wildman–Crippen MR) is 58.8 cm³/mol. The molecule has 0 saturated carbocycles. The van der Waals surface area contributed by atoms with Crippen LogP contribution in [0.4, 0.5) is 0 Å². The summed E-state index contributed by atoms with van der Waals surface area (Å²) in [5.41, 5.74) is 0. The Morgan fingerprint density at radius 2 is 2.21 bits per heavy atom. The second-order valence-corrected chi connectivity index (χ2v) is 5.32. The molecule has 2 fully saturated rings. The minimum Gasteiger partial charge on any atom is -0.381 e. The van der Waals surface area contributed by atoms with E-state index in [1.165, 1.54) is 25.8 Å². The molecule has 3 heteroatoms. The summed E-state index contributed by atoms with van der Waals surface area (Å²) in [4.78, 5) is 2.54. The van der Waals surface area contributed by atoms with Crippen LogP contribution >= 0.6 is 11.6 Å². The summed E-state index contributed by atoms with van der Waals surface area (Å²) in [5, 5.41) is 0.369. The minimum absolute atomic E-state index is 0.369. The summed E-state index contributed by atoms with van der Waals surface area (Å²) in [7, 11) is 0. The van der Waals surface area contributed by atoms with Gasteiger partial charge in [-0.05, 0) is 32.1 Å². The van der Waals surface area contributed by atoms with E-state index in [-0.39, 0.29) is 0 Å². The Morgan fingerprint density at radius 1 is 1.36 bits per heavy atom. The van der Waals surface area contributed by atoms with Crippen LogP contribution < -0.4 is 0 Å². The SMILES string of the molecule is CC1CCC(Cl)CN1CC1CCOC1. The van der Waals surface area contributed by atoms with Crippen LogP contribution in [0.25, 0.3) is 0 Å². The topological polar surface area (TPSA) is 12.5 Å². The van der Waals surface area contributed by atoms with Crippen molar-refractivity contribution in [1.82, 2.24) is 4.90 Å². The molecular formula is C11H20ClNO. The molecule has 0 spiro atoms. The van der Waals surface area contributed by atoms with E-state index in [9.17, 15) is 0 Å². The molecule has 0 radical (unpaired) electrons. The lowest BCUT2D eigenvalue weighted by atomic mass is 10.0. The number of alkyl halides is 1. The number of halogens is 1. The van der Waals surface area contributed by atoms with Gasteiger partial charge >= 0.3 is 0 Å². The van der Waals surface area contributed by atoms with Gasteiger partial charge in [-0.1, -0.05) is 0 Å². The van der Waals surface area contributed by atoms with Gasteiger partial charge in [0.25, 0.3) is 0 Å². The minimum atomic E-state index is 0.369. The average Bonchev–Trinajstić information content (AvgIpc) is 2.64. The molecular weight excluding hydrogens is 198 g/mol. The zero-order chi connectivity index (χ0) is 9.97. The van der Waals surface area contributed by atoms with E-state index in [0.717, 1.165) is 25.7 Å². The van der Waals surface area contributed by atoms with Crippen LogP contribution in [0.5, 0.6) is 0 Å². The van der Waals surface area contributed by atoms with Gasteiger partial charge in [0.05, 0.1) is 6.61 Å². The molecule has 0 aromatic rings. The fourth-order valence-electron chi connectivity index (χ4n) is 2.44. The van der Waals surface area contributed by atoms with Crippen LogP contribution in [-0.4, -0.2) is 42.6 Å². The van der Waals surface area contributed by atoms with Gasteiger partial charge in [0.2, 0.25) is 0 Å². The fraction of sp³-hybridized carbons (Fsp3) is 1.00. The van der Waals surface area contributed by atoms with Crippen LogP contribution in [0.1, 0.15) is 26.2 Å². The third-order valence-corrected chi connectivity index (χ3v) is 3.83. The molecule has 2 saturated heterocycles. The zero-order valence-electron chi connectivity index (χ0n) is 8.92. The largest absolute Gasteiger partial charge is 0.381 e. The van der Waals surface area contributed by atoms with Gasteiger partial charge in [-0.2, -0.15) is 0 Å². The van der Waals surface area contributed by atoms with Crippen molar-refractivity contribution in [3.05, 3.63) is 0 Å². The smallest absolute Gasteiger partial charge is 0.0507 e. The Bertz CT molecular complexity index is 182. The highest BCUT2D eigenvalue weighted by atomic mass is 35.5. The maximum Gasteiger partial charge on any atom is 0.0507 e. The molecule has 0 amide bonds. The Morgan fingerprint density at radius 3 is 2.93 bits per heavy atom. The lowest BCUT2D eigenvalue weighted by molar-refractivity contribution is 0.124. The van der Waals surface area contributed by atoms with Crippen molar-refractivity contribution in [3.63, 3.8) is 0 Å². The van der Waals surface area contributed by atoms with Crippen molar-refractivity contribution in [3.8, 4) is 0 Å². The lowest BCUT2D eigenvalue weighted by Crippen LogP contribution is -2.44. The van der Waals surface area contributed by atoms with Crippen molar-refractivity contribution in [2.45, 2.75) is 37.6 Å². The first-order chi connectivity index (χ1) is 6.75. The molecule has 2 rings (SSSR count). The van der Waals surface area contributed by atoms with Gasteiger partial charge in [0.15, 0.2) is 0 Å². The number of piperidine rings is 1. The van der Waals surface area contributed by atoms with Gasteiger partial charge in [-0.25, -0.2) is 0 Å². The van der Waals surface area contributed by atoms with Crippen molar-refractivity contribution in [2.24, 2.45) is 5.92 Å². The number of rotatable bonds is 2. The van der Waals surface area contributed by atoms with Crippen LogP contribution in [0.3, 0.4) is 0 Å². The molecule has 2 aliphatic rings. The molecule has 3 unspecified atom stereocenters. The highest BCUT2D eigenvalue weighted by molar-refractivity contribution is 6.20. The van der Waals surface area contributed by atoms with E-state index in [1.54, 1.807) is 0 Å². The van der Waals surface area contributed by atoms with E-state index < -0.39 is 0 Å². The second kappa shape index (κ2) is 4.82. The summed E-state index contributed by atoms with van der Waals surface area (Å²) in [6.45, 7) is 6.48. The fourth-order valence-corrected chi connectivity index (χ4v) is 2.75. The predicted octanol–water partition coefficient (Wildman–Crippen LogP) is 2.11. The summed E-state index contributed by atoms with van der Waals surface area (Å²) < 4.78 is 5.40. The van der Waals surface area contributed by atoms with Crippen LogP contribution in [0, 0.1) is 5.92 Å². The summed E-state index contributed by atoms with van der Waals surface area (Å²) in [5.74, 6) is 0.749. The molecule has 2 nitrogen and oxygen atoms in total. The van der Waals surface area contributed by atoms with Gasteiger partial charge in [0.1, 0.15) is 0 Å². The van der Waals surface area contributed by atoms with Crippen LogP contribution in [0.15, 0.2) is 0 Å².